The maximum Gasteiger partial charge on any atom is 0.295 e. The van der Waals surface area contributed by atoms with E-state index in [0.29, 0.717) is 6.42 Å². The fraction of sp³-hybridized carbons (Fsp3) is 0.321. The predicted octanol–water partition coefficient (Wildman–Crippen LogP) is 2.10. The molecule has 4 rings (SSSR count). The highest BCUT2D eigenvalue weighted by molar-refractivity contribution is 5.72. The Morgan fingerprint density at radius 1 is 1.06 bits per heavy atom. The van der Waals surface area contributed by atoms with E-state index in [0.717, 1.165) is 55.7 Å². The molecule has 1 unspecified atom stereocenters. The van der Waals surface area contributed by atoms with Crippen LogP contribution in [-0.4, -0.2) is 58.3 Å². The number of amides is 1. The second kappa shape index (κ2) is 12.2. The summed E-state index contributed by atoms with van der Waals surface area (Å²) in [6.07, 6.45) is 2.96. The van der Waals surface area contributed by atoms with Crippen molar-refractivity contribution in [2.24, 2.45) is 0 Å². The third kappa shape index (κ3) is 7.04. The Morgan fingerprint density at radius 2 is 1.67 bits per heavy atom. The molecular weight excluding hydrogens is 456 g/mol. The van der Waals surface area contributed by atoms with Crippen molar-refractivity contribution in [3.05, 3.63) is 93.7 Å². The number of rotatable bonds is 7. The molecule has 1 atom stereocenters. The van der Waals surface area contributed by atoms with Crippen molar-refractivity contribution in [3.8, 4) is 17.6 Å². The predicted molar refractivity (Wildman–Crippen MR) is 137 cm³/mol. The molecule has 1 aliphatic heterocycles. The summed E-state index contributed by atoms with van der Waals surface area (Å²) in [6, 6.07) is 15.7. The molecule has 1 aromatic heterocycles. The lowest BCUT2D eigenvalue weighted by Gasteiger charge is -2.26. The molecule has 1 saturated heterocycles. The highest BCUT2D eigenvalue weighted by Crippen LogP contribution is 2.15. The summed E-state index contributed by atoms with van der Waals surface area (Å²) < 4.78 is 6.75. The molecule has 0 bridgehead atoms. The van der Waals surface area contributed by atoms with Crippen LogP contribution < -0.4 is 10.9 Å². The Bertz CT molecular complexity index is 1280. The molecule has 1 aliphatic rings. The highest BCUT2D eigenvalue weighted by atomic mass is 16.5. The van der Waals surface area contributed by atoms with Gasteiger partial charge in [0.05, 0.1) is 31.8 Å². The summed E-state index contributed by atoms with van der Waals surface area (Å²) in [5.74, 6) is 5.79. The van der Waals surface area contributed by atoms with E-state index in [1.54, 1.807) is 0 Å². The van der Waals surface area contributed by atoms with Gasteiger partial charge in [-0.1, -0.05) is 36.1 Å². The third-order valence-corrected chi connectivity index (χ3v) is 6.06. The Hall–Kier alpha value is -3.93. The summed E-state index contributed by atoms with van der Waals surface area (Å²) in [5.41, 5.74) is 3.53. The van der Waals surface area contributed by atoms with Crippen molar-refractivity contribution in [2.75, 3.05) is 32.8 Å². The van der Waals surface area contributed by atoms with Crippen LogP contribution in [0, 0.1) is 11.8 Å². The summed E-state index contributed by atoms with van der Waals surface area (Å²) in [4.78, 5) is 30.1. The first-order valence-corrected chi connectivity index (χ1v) is 12.0. The van der Waals surface area contributed by atoms with E-state index in [4.69, 9.17) is 4.74 Å². The molecule has 2 N–H and O–H groups in total. The van der Waals surface area contributed by atoms with Gasteiger partial charge >= 0.3 is 0 Å². The van der Waals surface area contributed by atoms with Gasteiger partial charge in [-0.25, -0.2) is 4.98 Å². The zero-order chi connectivity index (χ0) is 25.3. The number of aromatic hydroxyl groups is 1. The largest absolute Gasteiger partial charge is 0.502 e. The van der Waals surface area contributed by atoms with Gasteiger partial charge in [0.15, 0.2) is 5.75 Å². The minimum atomic E-state index is -0.543. The number of hydrogen-bond donors (Lipinski definition) is 2. The second-order valence-corrected chi connectivity index (χ2v) is 8.82. The monoisotopic (exact) mass is 486 g/mol. The fourth-order valence-corrected chi connectivity index (χ4v) is 4.06. The average molecular weight is 487 g/mol. The number of benzene rings is 2. The van der Waals surface area contributed by atoms with Crippen molar-refractivity contribution >= 4 is 5.91 Å². The molecule has 3 aromatic rings. The maximum absolute atomic E-state index is 12.4. The first-order valence-electron chi connectivity index (χ1n) is 12.0. The number of ether oxygens (including phenoxy) is 1. The first-order chi connectivity index (χ1) is 17.5. The molecule has 1 amide bonds. The van der Waals surface area contributed by atoms with E-state index in [-0.39, 0.29) is 12.5 Å². The molecule has 186 valence electrons. The number of nitrogens with one attached hydrogen (secondary N) is 1. The van der Waals surface area contributed by atoms with E-state index in [1.807, 2.05) is 36.4 Å². The normalized spacial score (nSPS) is 14.5. The maximum atomic E-state index is 12.4. The number of hydrogen-bond acceptors (Lipinski definition) is 6. The zero-order valence-electron chi connectivity index (χ0n) is 20.3. The third-order valence-electron chi connectivity index (χ3n) is 6.06. The minimum absolute atomic E-state index is 0.194. The first kappa shape index (κ1) is 25.2. The van der Waals surface area contributed by atoms with Gasteiger partial charge in [0, 0.05) is 44.2 Å². The number of carbonyl (C=O) groups excluding carboxylic acids is 1. The molecular formula is C28H30N4O4. The average Bonchev–Trinajstić information content (AvgIpc) is 2.89. The second-order valence-electron chi connectivity index (χ2n) is 8.82. The smallest absolute Gasteiger partial charge is 0.295 e. The van der Waals surface area contributed by atoms with E-state index >= 15 is 0 Å². The van der Waals surface area contributed by atoms with Gasteiger partial charge in [0.25, 0.3) is 5.56 Å². The van der Waals surface area contributed by atoms with Crippen LogP contribution in [0.2, 0.25) is 0 Å². The van der Waals surface area contributed by atoms with Crippen molar-refractivity contribution in [1.82, 2.24) is 19.8 Å². The lowest BCUT2D eigenvalue weighted by Crippen LogP contribution is -2.35. The van der Waals surface area contributed by atoms with E-state index in [9.17, 15) is 14.7 Å². The number of aromatic nitrogens is 2. The van der Waals surface area contributed by atoms with Crippen molar-refractivity contribution in [3.63, 3.8) is 0 Å². The van der Waals surface area contributed by atoms with Crippen LogP contribution in [-0.2, 0) is 22.5 Å². The minimum Gasteiger partial charge on any atom is -0.502 e. The number of morpholine rings is 1. The van der Waals surface area contributed by atoms with Gasteiger partial charge < -0.3 is 15.2 Å². The van der Waals surface area contributed by atoms with Gasteiger partial charge in [-0.2, -0.15) is 0 Å². The number of nitrogens with zero attached hydrogens (tertiary/aromatic N) is 3. The van der Waals surface area contributed by atoms with Crippen LogP contribution in [0.25, 0.3) is 0 Å². The summed E-state index contributed by atoms with van der Waals surface area (Å²) >= 11 is 0. The van der Waals surface area contributed by atoms with Crippen molar-refractivity contribution in [1.29, 1.82) is 0 Å². The van der Waals surface area contributed by atoms with Crippen LogP contribution in [0.15, 0.2) is 65.8 Å². The van der Waals surface area contributed by atoms with Crippen LogP contribution in [0.1, 0.15) is 35.2 Å². The molecule has 36 heavy (non-hydrogen) atoms. The van der Waals surface area contributed by atoms with Gasteiger partial charge in [-0.05, 0) is 41.8 Å². The zero-order valence-corrected chi connectivity index (χ0v) is 20.3. The molecule has 0 saturated carbocycles. The summed E-state index contributed by atoms with van der Waals surface area (Å²) in [7, 11) is 0. The summed E-state index contributed by atoms with van der Waals surface area (Å²) in [5, 5.41) is 12.5. The topological polar surface area (TPSA) is 96.7 Å². The summed E-state index contributed by atoms with van der Waals surface area (Å²) in [6.45, 7) is 6.11. The molecule has 0 spiro atoms. The van der Waals surface area contributed by atoms with Crippen molar-refractivity contribution < 1.29 is 14.6 Å². The standard InChI is InChI=1S/C28H30N4O4/c1-21(33)30-17-26(32-20-29-18-27(34)28(32)35)16-24-8-4-22(5-9-24)2-3-23-6-10-25(11-7-23)19-31-12-14-36-15-13-31/h4-11,18,20,26,34H,12-17,19H2,1H3,(H,30,33). The molecule has 1 fully saturated rings. The lowest BCUT2D eigenvalue weighted by molar-refractivity contribution is -0.119. The Kier molecular flexibility index (Phi) is 8.50. The van der Waals surface area contributed by atoms with Gasteiger partial charge in [0.2, 0.25) is 5.91 Å². The molecule has 2 aromatic carbocycles. The lowest BCUT2D eigenvalue weighted by atomic mass is 10.0. The van der Waals surface area contributed by atoms with Crippen LogP contribution in [0.3, 0.4) is 0 Å². The van der Waals surface area contributed by atoms with Crippen molar-refractivity contribution in [2.45, 2.75) is 25.9 Å². The molecule has 8 nitrogen and oxygen atoms in total. The molecule has 2 heterocycles. The molecule has 0 radical (unpaired) electrons. The van der Waals surface area contributed by atoms with E-state index in [1.165, 1.54) is 23.4 Å². The van der Waals surface area contributed by atoms with Crippen LogP contribution in [0.5, 0.6) is 5.75 Å². The molecule has 8 heteroatoms. The molecule has 0 aliphatic carbocycles. The van der Waals surface area contributed by atoms with Gasteiger partial charge in [-0.3, -0.25) is 19.1 Å². The van der Waals surface area contributed by atoms with Gasteiger partial charge in [0.1, 0.15) is 0 Å². The Labute approximate surface area is 210 Å². The SMILES string of the molecule is CC(=O)NCC(Cc1ccc(C#Cc2ccc(CN3CCOCC3)cc2)cc1)n1cncc(O)c1=O. The van der Waals surface area contributed by atoms with Crippen LogP contribution in [0.4, 0.5) is 0 Å². The quantitative estimate of drug-likeness (QED) is 0.497. The van der Waals surface area contributed by atoms with E-state index < -0.39 is 17.4 Å². The van der Waals surface area contributed by atoms with E-state index in [2.05, 4.69) is 39.2 Å². The fourth-order valence-electron chi connectivity index (χ4n) is 4.06. The van der Waals surface area contributed by atoms with Gasteiger partial charge in [-0.15, -0.1) is 0 Å². The number of carbonyl (C=O) groups is 1. The highest BCUT2D eigenvalue weighted by Gasteiger charge is 2.16. The Balaban J connectivity index is 1.40. The van der Waals surface area contributed by atoms with Crippen LogP contribution >= 0.6 is 0 Å². The Morgan fingerprint density at radius 3 is 2.28 bits per heavy atom.